The maximum Gasteiger partial charge on any atom is 0.0485 e. The minimum Gasteiger partial charge on any atom is -0.350 e. The van der Waals surface area contributed by atoms with Gasteiger partial charge in [0.2, 0.25) is 0 Å². The first-order chi connectivity index (χ1) is 8.79. The van der Waals surface area contributed by atoms with E-state index in [9.17, 15) is 0 Å². The van der Waals surface area contributed by atoms with Crippen LogP contribution in [0.15, 0.2) is 43.0 Å². The minimum atomic E-state index is 0.417. The lowest BCUT2D eigenvalue weighted by atomic mass is 10.2. The highest BCUT2D eigenvalue weighted by atomic mass is 15.0. The summed E-state index contributed by atoms with van der Waals surface area (Å²) < 4.78 is 2.20. The zero-order valence-corrected chi connectivity index (χ0v) is 11.1. The highest BCUT2D eigenvalue weighted by Crippen LogP contribution is 2.13. The molecule has 0 spiro atoms. The van der Waals surface area contributed by atoms with Gasteiger partial charge in [-0.05, 0) is 43.1 Å². The summed E-state index contributed by atoms with van der Waals surface area (Å²) in [5.41, 5.74) is 2.57. The van der Waals surface area contributed by atoms with Crippen LogP contribution in [0.25, 0.3) is 0 Å². The second-order valence-corrected chi connectivity index (χ2v) is 4.65. The molecule has 2 aromatic rings. The zero-order valence-electron chi connectivity index (χ0n) is 11.1. The Hall–Kier alpha value is -1.61. The topological polar surface area (TPSA) is 29.9 Å². The van der Waals surface area contributed by atoms with E-state index in [0.29, 0.717) is 6.04 Å². The number of pyridine rings is 1. The molecule has 0 saturated carbocycles. The fraction of sp³-hybridized carbons (Fsp3) is 0.400. The molecule has 0 aliphatic carbocycles. The number of hydrogen-bond acceptors (Lipinski definition) is 2. The van der Waals surface area contributed by atoms with Crippen LogP contribution in [0, 0.1) is 0 Å². The van der Waals surface area contributed by atoms with Gasteiger partial charge in [-0.3, -0.25) is 4.98 Å². The lowest BCUT2D eigenvalue weighted by Crippen LogP contribution is -2.18. The average Bonchev–Trinajstić information content (AvgIpc) is 2.86. The van der Waals surface area contributed by atoms with E-state index in [0.717, 1.165) is 13.1 Å². The number of rotatable bonds is 6. The molecule has 0 saturated heterocycles. The molecule has 0 aromatic carbocycles. The Morgan fingerprint density at radius 2 is 2.28 bits per heavy atom. The van der Waals surface area contributed by atoms with Crippen molar-refractivity contribution in [2.45, 2.75) is 32.9 Å². The molecule has 0 radical (unpaired) electrons. The van der Waals surface area contributed by atoms with Crippen molar-refractivity contribution < 1.29 is 0 Å². The van der Waals surface area contributed by atoms with E-state index in [1.165, 1.54) is 17.5 Å². The summed E-state index contributed by atoms with van der Waals surface area (Å²) in [5.74, 6) is 0. The molecule has 1 atom stereocenters. The molecule has 2 heterocycles. The van der Waals surface area contributed by atoms with Crippen molar-refractivity contribution >= 4 is 0 Å². The van der Waals surface area contributed by atoms with E-state index in [4.69, 9.17) is 0 Å². The second kappa shape index (κ2) is 6.36. The summed E-state index contributed by atoms with van der Waals surface area (Å²) in [4.78, 5) is 4.14. The molecule has 0 aliphatic rings. The first-order valence-corrected chi connectivity index (χ1v) is 6.57. The highest BCUT2D eigenvalue weighted by Gasteiger charge is 2.05. The van der Waals surface area contributed by atoms with Crippen molar-refractivity contribution in [2.24, 2.45) is 0 Å². The summed E-state index contributed by atoms with van der Waals surface area (Å²) in [5, 5.41) is 3.50. The number of nitrogens with one attached hydrogen (secondary N) is 1. The standard InChI is InChI=1S/C15H21N3/c1-3-7-17-13(2)15-6-9-18(12-15)11-14-5-4-8-16-10-14/h4-6,8-10,12-13,17H,3,7,11H2,1-2H3. The van der Waals surface area contributed by atoms with Crippen LogP contribution in [0.5, 0.6) is 0 Å². The molecule has 0 fully saturated rings. The molecule has 2 aromatic heterocycles. The summed E-state index contributed by atoms with van der Waals surface area (Å²) in [6.45, 7) is 6.34. The quantitative estimate of drug-likeness (QED) is 0.845. The molecule has 0 aliphatic heterocycles. The lowest BCUT2D eigenvalue weighted by molar-refractivity contribution is 0.569. The van der Waals surface area contributed by atoms with Gasteiger partial charge in [-0.15, -0.1) is 0 Å². The highest BCUT2D eigenvalue weighted by molar-refractivity contribution is 5.17. The van der Waals surface area contributed by atoms with Crippen LogP contribution in [0.1, 0.15) is 37.4 Å². The molecular weight excluding hydrogens is 222 g/mol. The summed E-state index contributed by atoms with van der Waals surface area (Å²) in [6, 6.07) is 6.68. The van der Waals surface area contributed by atoms with Crippen molar-refractivity contribution in [1.29, 1.82) is 0 Å². The fourth-order valence-corrected chi connectivity index (χ4v) is 2.00. The van der Waals surface area contributed by atoms with Gasteiger partial charge in [-0.2, -0.15) is 0 Å². The fourth-order valence-electron chi connectivity index (χ4n) is 2.00. The lowest BCUT2D eigenvalue weighted by Gasteiger charge is -2.11. The Labute approximate surface area is 109 Å². The van der Waals surface area contributed by atoms with Crippen LogP contribution in [0.3, 0.4) is 0 Å². The molecule has 0 amide bonds. The Kier molecular flexibility index (Phi) is 4.53. The summed E-state index contributed by atoms with van der Waals surface area (Å²) in [6.07, 6.45) is 9.23. The van der Waals surface area contributed by atoms with E-state index in [2.05, 4.69) is 53.2 Å². The summed E-state index contributed by atoms with van der Waals surface area (Å²) >= 11 is 0. The molecule has 1 N–H and O–H groups in total. The SMILES string of the molecule is CCCNC(C)c1ccn(Cc2cccnc2)c1. The third-order valence-electron chi connectivity index (χ3n) is 3.06. The smallest absolute Gasteiger partial charge is 0.0485 e. The van der Waals surface area contributed by atoms with Gasteiger partial charge in [0.25, 0.3) is 0 Å². The zero-order chi connectivity index (χ0) is 12.8. The Balaban J connectivity index is 1.98. The van der Waals surface area contributed by atoms with Gasteiger partial charge in [0.05, 0.1) is 0 Å². The van der Waals surface area contributed by atoms with Crippen molar-refractivity contribution in [3.8, 4) is 0 Å². The maximum atomic E-state index is 4.14. The van der Waals surface area contributed by atoms with E-state index < -0.39 is 0 Å². The predicted molar refractivity (Wildman–Crippen MR) is 74.5 cm³/mol. The molecule has 1 unspecified atom stereocenters. The van der Waals surface area contributed by atoms with Gasteiger partial charge < -0.3 is 9.88 Å². The average molecular weight is 243 g/mol. The molecule has 96 valence electrons. The van der Waals surface area contributed by atoms with Gasteiger partial charge >= 0.3 is 0 Å². The van der Waals surface area contributed by atoms with Crippen LogP contribution >= 0.6 is 0 Å². The summed E-state index contributed by atoms with van der Waals surface area (Å²) in [7, 11) is 0. The molecule has 18 heavy (non-hydrogen) atoms. The third-order valence-corrected chi connectivity index (χ3v) is 3.06. The van der Waals surface area contributed by atoms with E-state index in [1.54, 1.807) is 6.20 Å². The number of nitrogens with zero attached hydrogens (tertiary/aromatic N) is 2. The monoisotopic (exact) mass is 243 g/mol. The largest absolute Gasteiger partial charge is 0.350 e. The molecule has 0 bridgehead atoms. The first kappa shape index (κ1) is 12.8. The van der Waals surface area contributed by atoms with Crippen LogP contribution in [-0.4, -0.2) is 16.1 Å². The number of hydrogen-bond donors (Lipinski definition) is 1. The van der Waals surface area contributed by atoms with Crippen molar-refractivity contribution in [1.82, 2.24) is 14.9 Å². The Morgan fingerprint density at radius 1 is 1.39 bits per heavy atom. The van der Waals surface area contributed by atoms with Crippen LogP contribution in [-0.2, 0) is 6.54 Å². The van der Waals surface area contributed by atoms with E-state index >= 15 is 0 Å². The molecule has 3 nitrogen and oxygen atoms in total. The van der Waals surface area contributed by atoms with Crippen LogP contribution in [0.2, 0.25) is 0 Å². The van der Waals surface area contributed by atoms with Crippen molar-refractivity contribution in [3.05, 3.63) is 54.1 Å². The predicted octanol–water partition coefficient (Wildman–Crippen LogP) is 2.99. The van der Waals surface area contributed by atoms with Crippen molar-refractivity contribution in [2.75, 3.05) is 6.54 Å². The van der Waals surface area contributed by atoms with Gasteiger partial charge in [-0.1, -0.05) is 13.0 Å². The molecule has 2 rings (SSSR count). The van der Waals surface area contributed by atoms with E-state index in [-0.39, 0.29) is 0 Å². The maximum absolute atomic E-state index is 4.14. The molecular formula is C15H21N3. The Bertz CT molecular complexity index is 462. The van der Waals surface area contributed by atoms with E-state index in [1.807, 2.05) is 12.3 Å². The third kappa shape index (κ3) is 3.44. The normalized spacial score (nSPS) is 12.6. The Morgan fingerprint density at radius 3 is 3.00 bits per heavy atom. The van der Waals surface area contributed by atoms with Gasteiger partial charge in [-0.25, -0.2) is 0 Å². The first-order valence-electron chi connectivity index (χ1n) is 6.57. The minimum absolute atomic E-state index is 0.417. The second-order valence-electron chi connectivity index (χ2n) is 4.65. The van der Waals surface area contributed by atoms with Gasteiger partial charge in [0.1, 0.15) is 0 Å². The molecule has 3 heteroatoms. The van der Waals surface area contributed by atoms with Crippen LogP contribution in [0.4, 0.5) is 0 Å². The van der Waals surface area contributed by atoms with Crippen molar-refractivity contribution in [3.63, 3.8) is 0 Å². The van der Waals surface area contributed by atoms with Gasteiger partial charge in [0.15, 0.2) is 0 Å². The van der Waals surface area contributed by atoms with Crippen LogP contribution < -0.4 is 5.32 Å². The van der Waals surface area contributed by atoms with Gasteiger partial charge in [0, 0.05) is 37.4 Å². The number of aromatic nitrogens is 2.